The predicted octanol–water partition coefficient (Wildman–Crippen LogP) is 1.66. The van der Waals surface area contributed by atoms with Gasteiger partial charge in [0.2, 0.25) is 0 Å². The summed E-state index contributed by atoms with van der Waals surface area (Å²) >= 11 is 16.4. The molecule has 18 heavy (non-hydrogen) atoms. The number of anilines is 3. The van der Waals surface area contributed by atoms with E-state index in [1.807, 2.05) is 0 Å². The fourth-order valence-electron chi connectivity index (χ4n) is 0.741. The van der Waals surface area contributed by atoms with Crippen molar-refractivity contribution < 1.29 is 0 Å². The molecule has 2 aromatic rings. The molecule has 0 aliphatic carbocycles. The summed E-state index contributed by atoms with van der Waals surface area (Å²) in [6.45, 7) is 0. The Morgan fingerprint density at radius 3 is 1.39 bits per heavy atom. The van der Waals surface area contributed by atoms with Gasteiger partial charge in [-0.25, -0.2) is 19.9 Å². The van der Waals surface area contributed by atoms with Crippen molar-refractivity contribution in [3.05, 3.63) is 28.1 Å². The molecule has 0 amide bonds. The summed E-state index contributed by atoms with van der Waals surface area (Å²) in [4.78, 5) is 14.4. The maximum atomic E-state index is 5.46. The van der Waals surface area contributed by atoms with Crippen LogP contribution in [0.25, 0.3) is 0 Å². The number of aromatic nitrogens is 4. The van der Waals surface area contributed by atoms with E-state index in [0.29, 0.717) is 0 Å². The van der Waals surface area contributed by atoms with Crippen molar-refractivity contribution in [1.82, 2.24) is 19.9 Å². The Kier molecular flexibility index (Phi) is 5.14. The average molecular weight is 309 g/mol. The van der Waals surface area contributed by atoms with Gasteiger partial charge in [-0.05, 0) is 0 Å². The number of nitrogens with two attached hydrogens (primary N) is 3. The van der Waals surface area contributed by atoms with E-state index in [4.69, 9.17) is 52.0 Å². The molecule has 0 atom stereocenters. The minimum Gasteiger partial charge on any atom is -0.394 e. The van der Waals surface area contributed by atoms with Crippen LogP contribution in [0.1, 0.15) is 0 Å². The van der Waals surface area contributed by atoms with Crippen LogP contribution in [0, 0.1) is 0 Å². The summed E-state index contributed by atoms with van der Waals surface area (Å²) in [7, 11) is 0. The maximum Gasteiger partial charge on any atom is 0.157 e. The van der Waals surface area contributed by atoms with E-state index >= 15 is 0 Å². The highest BCUT2D eigenvalue weighted by atomic mass is 35.5. The van der Waals surface area contributed by atoms with Crippen molar-refractivity contribution in [3.8, 4) is 0 Å². The lowest BCUT2D eigenvalue weighted by molar-refractivity contribution is 1.17. The van der Waals surface area contributed by atoms with Gasteiger partial charge in [-0.3, -0.25) is 0 Å². The Hall–Kier alpha value is -1.57. The van der Waals surface area contributed by atoms with Crippen LogP contribution in [0.4, 0.5) is 17.2 Å². The molecule has 0 aromatic carbocycles. The third-order valence-corrected chi connectivity index (χ3v) is 2.56. The number of rotatable bonds is 0. The zero-order chi connectivity index (χ0) is 13.7. The molecule has 0 saturated carbocycles. The first-order valence-electron chi connectivity index (χ1n) is 4.36. The van der Waals surface area contributed by atoms with Crippen LogP contribution in [0.3, 0.4) is 0 Å². The third-order valence-electron chi connectivity index (χ3n) is 1.65. The molecule has 0 unspecified atom stereocenters. The van der Waals surface area contributed by atoms with Gasteiger partial charge in [-0.15, -0.1) is 0 Å². The Morgan fingerprint density at radius 2 is 1.06 bits per heavy atom. The second-order valence-corrected chi connectivity index (χ2v) is 3.91. The second-order valence-electron chi connectivity index (χ2n) is 2.83. The van der Waals surface area contributed by atoms with Crippen molar-refractivity contribution in [2.75, 3.05) is 17.2 Å². The molecular weight excluding hydrogens is 300 g/mol. The molecule has 96 valence electrons. The third kappa shape index (κ3) is 3.73. The van der Waals surface area contributed by atoms with Gasteiger partial charge < -0.3 is 17.2 Å². The topological polar surface area (TPSA) is 130 Å². The molecule has 2 aromatic heterocycles. The molecular formula is C8H8Cl3N7. The SMILES string of the molecule is Nc1c(Cl)ncnc1Cl.Nc1ncnc(Cl)c1N. The maximum absolute atomic E-state index is 5.46. The van der Waals surface area contributed by atoms with Gasteiger partial charge in [-0.2, -0.15) is 0 Å². The molecule has 0 radical (unpaired) electrons. The van der Waals surface area contributed by atoms with Gasteiger partial charge in [0, 0.05) is 0 Å². The van der Waals surface area contributed by atoms with Crippen molar-refractivity contribution in [2.45, 2.75) is 0 Å². The first kappa shape index (κ1) is 14.5. The molecule has 0 aliphatic heterocycles. The minimum atomic E-state index is 0.190. The highest BCUT2D eigenvalue weighted by molar-refractivity contribution is 6.37. The van der Waals surface area contributed by atoms with E-state index in [1.165, 1.54) is 12.7 Å². The van der Waals surface area contributed by atoms with Crippen LogP contribution in [0.5, 0.6) is 0 Å². The number of hydrogen-bond acceptors (Lipinski definition) is 7. The normalized spacial score (nSPS) is 9.50. The van der Waals surface area contributed by atoms with Crippen LogP contribution in [-0.2, 0) is 0 Å². The minimum absolute atomic E-state index is 0.190. The Morgan fingerprint density at radius 1 is 0.667 bits per heavy atom. The highest BCUT2D eigenvalue weighted by Gasteiger charge is 2.00. The molecule has 0 saturated heterocycles. The zero-order valence-electron chi connectivity index (χ0n) is 8.81. The molecule has 0 bridgehead atoms. The molecule has 2 rings (SSSR count). The summed E-state index contributed by atoms with van der Waals surface area (Å²) in [5, 5.41) is 0.576. The number of hydrogen-bond donors (Lipinski definition) is 3. The number of nitrogens with zero attached hydrogens (tertiary/aromatic N) is 4. The van der Waals surface area contributed by atoms with E-state index in [-0.39, 0.29) is 32.7 Å². The molecule has 10 heteroatoms. The smallest absolute Gasteiger partial charge is 0.157 e. The average Bonchev–Trinajstić information content (AvgIpc) is 2.34. The summed E-state index contributed by atoms with van der Waals surface area (Å²) < 4.78 is 0. The molecule has 7 nitrogen and oxygen atoms in total. The Bertz CT molecular complexity index is 458. The van der Waals surface area contributed by atoms with Gasteiger partial charge in [0.1, 0.15) is 24.0 Å². The highest BCUT2D eigenvalue weighted by Crippen LogP contribution is 2.21. The summed E-state index contributed by atoms with van der Waals surface area (Å²) in [5.74, 6) is 0.218. The lowest BCUT2D eigenvalue weighted by Crippen LogP contribution is -1.99. The van der Waals surface area contributed by atoms with E-state index in [0.717, 1.165) is 0 Å². The molecule has 0 spiro atoms. The lowest BCUT2D eigenvalue weighted by Gasteiger charge is -1.96. The molecule has 0 fully saturated rings. The van der Waals surface area contributed by atoms with Gasteiger partial charge in [0.05, 0.1) is 0 Å². The van der Waals surface area contributed by atoms with Crippen molar-refractivity contribution in [2.24, 2.45) is 0 Å². The second kappa shape index (κ2) is 6.39. The van der Waals surface area contributed by atoms with Crippen molar-refractivity contribution in [1.29, 1.82) is 0 Å². The summed E-state index contributed by atoms with van der Waals surface area (Å²) in [5.41, 5.74) is 16.3. The number of nitrogen functional groups attached to an aromatic ring is 3. The van der Waals surface area contributed by atoms with Gasteiger partial charge in [0.15, 0.2) is 21.3 Å². The predicted molar refractivity (Wildman–Crippen MR) is 72.3 cm³/mol. The Labute approximate surface area is 117 Å². The zero-order valence-corrected chi connectivity index (χ0v) is 11.1. The summed E-state index contributed by atoms with van der Waals surface area (Å²) in [6.07, 6.45) is 2.51. The number of halogens is 3. The summed E-state index contributed by atoms with van der Waals surface area (Å²) in [6, 6.07) is 0. The molecule has 6 N–H and O–H groups in total. The van der Waals surface area contributed by atoms with Gasteiger partial charge >= 0.3 is 0 Å². The fourth-order valence-corrected chi connectivity index (χ4v) is 1.20. The Balaban J connectivity index is 0.000000180. The first-order chi connectivity index (χ1) is 8.43. The van der Waals surface area contributed by atoms with E-state index in [2.05, 4.69) is 19.9 Å². The standard InChI is InChI=1S/C4H3Cl2N3.C4H5ClN4/c5-3-2(7)4(6)9-1-8-3;5-3-2(6)4(7)9-1-8-3/h1H,7H2;1H,6H2,(H2,7,8,9). The van der Waals surface area contributed by atoms with Crippen LogP contribution < -0.4 is 17.2 Å². The van der Waals surface area contributed by atoms with Crippen LogP contribution in [-0.4, -0.2) is 19.9 Å². The quantitative estimate of drug-likeness (QED) is 0.631. The van der Waals surface area contributed by atoms with Crippen molar-refractivity contribution >= 4 is 52.0 Å². The van der Waals surface area contributed by atoms with Crippen LogP contribution in [0.15, 0.2) is 12.7 Å². The van der Waals surface area contributed by atoms with E-state index in [9.17, 15) is 0 Å². The van der Waals surface area contributed by atoms with E-state index in [1.54, 1.807) is 0 Å². The lowest BCUT2D eigenvalue weighted by atomic mass is 10.5. The monoisotopic (exact) mass is 307 g/mol. The first-order valence-corrected chi connectivity index (χ1v) is 5.49. The fraction of sp³-hybridized carbons (Fsp3) is 0. The van der Waals surface area contributed by atoms with Gasteiger partial charge in [0.25, 0.3) is 0 Å². The largest absolute Gasteiger partial charge is 0.394 e. The molecule has 2 heterocycles. The van der Waals surface area contributed by atoms with E-state index < -0.39 is 0 Å². The van der Waals surface area contributed by atoms with Crippen molar-refractivity contribution in [3.63, 3.8) is 0 Å². The van der Waals surface area contributed by atoms with Crippen LogP contribution >= 0.6 is 34.8 Å². The van der Waals surface area contributed by atoms with Gasteiger partial charge in [-0.1, -0.05) is 34.8 Å². The molecule has 0 aliphatic rings. The van der Waals surface area contributed by atoms with Crippen LogP contribution in [0.2, 0.25) is 15.5 Å².